The summed E-state index contributed by atoms with van der Waals surface area (Å²) in [5, 5.41) is 9.14. The number of rotatable bonds is 2. The molecule has 0 fully saturated rings. The summed E-state index contributed by atoms with van der Waals surface area (Å²) in [6.45, 7) is 0.795. The number of aliphatic imine (C=N–C) groups is 1. The molecule has 1 aromatic carbocycles. The molecule has 0 saturated heterocycles. The first kappa shape index (κ1) is 15.1. The molecule has 1 aromatic heterocycles. The first-order valence-corrected chi connectivity index (χ1v) is 7.15. The van der Waals surface area contributed by atoms with Gasteiger partial charge in [-0.25, -0.2) is 9.98 Å². The van der Waals surface area contributed by atoms with E-state index in [0.717, 1.165) is 28.3 Å². The zero-order valence-electron chi connectivity index (χ0n) is 11.2. The van der Waals surface area contributed by atoms with E-state index in [0.29, 0.717) is 23.2 Å². The fraction of sp³-hybridized carbons (Fsp3) is 0.231. The van der Waals surface area contributed by atoms with E-state index in [4.69, 9.17) is 19.4 Å². The van der Waals surface area contributed by atoms with Crippen molar-refractivity contribution in [3.63, 3.8) is 0 Å². The molecule has 22 heavy (non-hydrogen) atoms. The molecule has 2 N–H and O–H groups in total. The van der Waals surface area contributed by atoms with Gasteiger partial charge in [-0.1, -0.05) is 11.3 Å². The molecule has 0 unspecified atom stereocenters. The predicted octanol–water partition coefficient (Wildman–Crippen LogP) is 2.11. The minimum Gasteiger partial charge on any atom is -0.492 e. The number of fused-ring (bicyclic) bond motifs is 4. The second-order valence-electron chi connectivity index (χ2n) is 4.46. The van der Waals surface area contributed by atoms with Crippen LogP contribution in [0, 0.1) is 0 Å². The molecule has 0 amide bonds. The Morgan fingerprint density at radius 1 is 1.23 bits per heavy atom. The Kier molecular flexibility index (Phi) is 4.21. The van der Waals surface area contributed by atoms with Gasteiger partial charge in [0.15, 0.2) is 11.5 Å². The van der Waals surface area contributed by atoms with Crippen molar-refractivity contribution in [2.24, 2.45) is 4.99 Å². The van der Waals surface area contributed by atoms with Crippen LogP contribution in [0.1, 0.15) is 4.88 Å². The first-order chi connectivity index (χ1) is 10.3. The summed E-state index contributed by atoms with van der Waals surface area (Å²) in [5.41, 5.74) is 3.60. The molecule has 2 aliphatic rings. The van der Waals surface area contributed by atoms with Gasteiger partial charge in [0.05, 0.1) is 12.3 Å². The number of hydrogen-bond acceptors (Lipinski definition) is 7. The molecule has 2 aromatic rings. The summed E-state index contributed by atoms with van der Waals surface area (Å²) in [4.78, 5) is 9.63. The summed E-state index contributed by atoms with van der Waals surface area (Å²) in [6.07, 6.45) is 1.95. The normalized spacial score (nSPS) is 14.6. The van der Waals surface area contributed by atoms with Gasteiger partial charge < -0.3 is 14.2 Å². The quantitative estimate of drug-likeness (QED) is 0.369. The summed E-state index contributed by atoms with van der Waals surface area (Å²) in [7, 11) is 0. The zero-order valence-corrected chi connectivity index (χ0v) is 13.2. The van der Waals surface area contributed by atoms with Gasteiger partial charge in [-0.05, 0) is 6.07 Å². The van der Waals surface area contributed by atoms with Crippen LogP contribution in [0.15, 0.2) is 17.1 Å². The van der Waals surface area contributed by atoms with Crippen molar-refractivity contribution in [2.75, 3.05) is 13.4 Å². The molecule has 0 saturated carbocycles. The van der Waals surface area contributed by atoms with Crippen molar-refractivity contribution in [3.8, 4) is 28.5 Å². The molecule has 7 nitrogen and oxygen atoms in total. The molecule has 113 valence electrons. The van der Waals surface area contributed by atoms with Crippen LogP contribution in [0.5, 0.6) is 17.2 Å². The van der Waals surface area contributed by atoms with Crippen LogP contribution in [0.2, 0.25) is 0 Å². The topological polar surface area (TPSA) is 85.2 Å². The van der Waals surface area contributed by atoms with Gasteiger partial charge in [-0.2, -0.15) is 0 Å². The molecule has 0 atom stereocenters. The average Bonchev–Trinajstić information content (AvgIpc) is 3.07. The van der Waals surface area contributed by atoms with Crippen molar-refractivity contribution in [2.45, 2.75) is 6.42 Å². The van der Waals surface area contributed by atoms with E-state index in [1.165, 1.54) is 17.7 Å². The number of aromatic nitrogens is 1. The molecule has 4 rings (SSSR count). The van der Waals surface area contributed by atoms with Gasteiger partial charge in [-0.3, -0.25) is 10.7 Å². The van der Waals surface area contributed by atoms with Crippen LogP contribution < -0.4 is 19.7 Å². The van der Waals surface area contributed by atoms with Gasteiger partial charge in [0.25, 0.3) is 0 Å². The Morgan fingerprint density at radius 2 is 2.05 bits per heavy atom. The third kappa shape index (κ3) is 2.52. The van der Waals surface area contributed by atoms with E-state index in [9.17, 15) is 0 Å². The Hall–Kier alpha value is -1.80. The van der Waals surface area contributed by atoms with Gasteiger partial charge in [0, 0.05) is 22.9 Å². The standard InChI is InChI=1S/C13H11N3O4S.Mn/c17-15-5-14-13-16-12-7-3-9-10(20-6-19-9)4-8(7)18-2-1-11(12)21-13;/h3-5,17H,1-2,6H2,(H,14,15,16);/q;+2. The molecule has 0 aliphatic carbocycles. The zero-order chi connectivity index (χ0) is 14.2. The van der Waals surface area contributed by atoms with Crippen LogP contribution in [-0.4, -0.2) is 29.9 Å². The van der Waals surface area contributed by atoms with Crippen molar-refractivity contribution in [1.29, 1.82) is 0 Å². The van der Waals surface area contributed by atoms with Gasteiger partial charge in [-0.15, -0.1) is 0 Å². The van der Waals surface area contributed by atoms with Gasteiger partial charge in [0.2, 0.25) is 11.9 Å². The van der Waals surface area contributed by atoms with Crippen molar-refractivity contribution >= 4 is 22.8 Å². The van der Waals surface area contributed by atoms with E-state index in [-0.39, 0.29) is 23.9 Å². The second-order valence-corrected chi connectivity index (χ2v) is 5.52. The van der Waals surface area contributed by atoms with Crippen LogP contribution in [0.25, 0.3) is 11.3 Å². The Morgan fingerprint density at radius 3 is 2.86 bits per heavy atom. The van der Waals surface area contributed by atoms with Crippen LogP contribution >= 0.6 is 11.3 Å². The SMILES string of the molecule is ON/C=N\c1nc2c(s1)CCOc1cc3c(cc1-2)OCO3.[Mn+2]. The molecule has 2 aliphatic heterocycles. The fourth-order valence-corrected chi connectivity index (χ4v) is 3.24. The van der Waals surface area contributed by atoms with Gasteiger partial charge in [0.1, 0.15) is 12.1 Å². The molecule has 0 bridgehead atoms. The summed E-state index contributed by atoms with van der Waals surface area (Å²) in [5.74, 6) is 2.12. The predicted molar refractivity (Wildman–Crippen MR) is 75.9 cm³/mol. The van der Waals surface area contributed by atoms with Crippen LogP contribution in [-0.2, 0) is 23.5 Å². The van der Waals surface area contributed by atoms with Crippen molar-refractivity contribution in [1.82, 2.24) is 10.5 Å². The maximum absolute atomic E-state index is 8.57. The summed E-state index contributed by atoms with van der Waals surface area (Å²) >= 11 is 1.47. The minimum atomic E-state index is 0. The van der Waals surface area contributed by atoms with Crippen molar-refractivity contribution in [3.05, 3.63) is 17.0 Å². The van der Waals surface area contributed by atoms with E-state index >= 15 is 0 Å². The fourth-order valence-electron chi connectivity index (χ4n) is 2.34. The molecule has 9 heteroatoms. The third-order valence-electron chi connectivity index (χ3n) is 3.24. The minimum absolute atomic E-state index is 0. The molecular formula is C13H11MnN3O4S+2. The molecule has 1 radical (unpaired) electrons. The summed E-state index contributed by atoms with van der Waals surface area (Å²) in [6, 6.07) is 3.73. The molecule has 0 spiro atoms. The van der Waals surface area contributed by atoms with Crippen LogP contribution in [0.4, 0.5) is 5.13 Å². The number of ether oxygens (including phenoxy) is 3. The second kappa shape index (κ2) is 6.13. The number of nitrogens with one attached hydrogen (secondary N) is 1. The smallest absolute Gasteiger partial charge is 0.492 e. The van der Waals surface area contributed by atoms with E-state index in [1.807, 2.05) is 17.6 Å². The van der Waals surface area contributed by atoms with Crippen molar-refractivity contribution < 1.29 is 36.5 Å². The van der Waals surface area contributed by atoms with Crippen LogP contribution in [0.3, 0.4) is 0 Å². The maximum atomic E-state index is 8.57. The average molecular weight is 360 g/mol. The largest absolute Gasteiger partial charge is 2.00 e. The number of thiazole rings is 1. The first-order valence-electron chi connectivity index (χ1n) is 6.34. The van der Waals surface area contributed by atoms with E-state index in [2.05, 4.69) is 9.98 Å². The summed E-state index contributed by atoms with van der Waals surface area (Å²) < 4.78 is 16.6. The monoisotopic (exact) mass is 360 g/mol. The molecule has 3 heterocycles. The molecular weight excluding hydrogens is 349 g/mol. The number of benzene rings is 1. The maximum Gasteiger partial charge on any atom is 2.00 e. The Bertz CT molecular complexity index is 734. The Balaban J connectivity index is 0.00000144. The number of hydrogen-bond donors (Lipinski definition) is 2. The van der Waals surface area contributed by atoms with E-state index in [1.54, 1.807) is 0 Å². The van der Waals surface area contributed by atoms with Gasteiger partial charge >= 0.3 is 17.1 Å². The number of nitrogens with zero attached hydrogens (tertiary/aromatic N) is 2. The third-order valence-corrected chi connectivity index (χ3v) is 4.26. The Labute approximate surface area is 140 Å². The van der Waals surface area contributed by atoms with E-state index < -0.39 is 0 Å². The number of hydroxylamine groups is 1.